The molecule has 1 fully saturated rings. The molecule has 0 aromatic heterocycles. The van der Waals surface area contributed by atoms with E-state index in [0.29, 0.717) is 0 Å². The maximum absolute atomic E-state index is 12.3. The van der Waals surface area contributed by atoms with Crippen molar-refractivity contribution >= 4 is 22.1 Å². The summed E-state index contributed by atoms with van der Waals surface area (Å²) in [6.45, 7) is 5.65. The topological polar surface area (TPSA) is 113 Å². The van der Waals surface area contributed by atoms with E-state index in [-0.39, 0.29) is 23.5 Å². The molecule has 1 aliphatic rings. The summed E-state index contributed by atoms with van der Waals surface area (Å²) in [5.41, 5.74) is -0.722. The summed E-state index contributed by atoms with van der Waals surface area (Å²) in [6, 6.07) is 4.66. The van der Waals surface area contributed by atoms with Gasteiger partial charge in [0.05, 0.1) is 16.5 Å². The molecule has 0 saturated carbocycles. The van der Waals surface area contributed by atoms with E-state index in [2.05, 4.69) is 4.72 Å². The van der Waals surface area contributed by atoms with Crippen molar-refractivity contribution in [1.29, 1.82) is 0 Å². The van der Waals surface area contributed by atoms with E-state index in [9.17, 15) is 18.0 Å². The van der Waals surface area contributed by atoms with Crippen molar-refractivity contribution in [1.82, 2.24) is 9.62 Å². The molecule has 0 radical (unpaired) electrons. The van der Waals surface area contributed by atoms with Crippen molar-refractivity contribution in [3.05, 3.63) is 29.8 Å². The van der Waals surface area contributed by atoms with Crippen LogP contribution in [0, 0.1) is 0 Å². The van der Waals surface area contributed by atoms with Crippen LogP contribution >= 0.6 is 0 Å². The van der Waals surface area contributed by atoms with E-state index in [1.807, 2.05) is 0 Å². The van der Waals surface area contributed by atoms with Crippen LogP contribution in [0.3, 0.4) is 0 Å². The van der Waals surface area contributed by atoms with Crippen molar-refractivity contribution < 1.29 is 27.9 Å². The van der Waals surface area contributed by atoms with Crippen LogP contribution in [-0.2, 0) is 14.8 Å². The molecule has 0 bridgehead atoms. The third-order valence-corrected chi connectivity index (χ3v) is 4.76. The predicted molar refractivity (Wildman–Crippen MR) is 85.3 cm³/mol. The second-order valence-corrected chi connectivity index (χ2v) is 8.25. The summed E-state index contributed by atoms with van der Waals surface area (Å²) in [5.74, 6) is -1.20. The number of benzene rings is 1. The van der Waals surface area contributed by atoms with Crippen LogP contribution < -0.4 is 4.72 Å². The van der Waals surface area contributed by atoms with Gasteiger partial charge in [0.15, 0.2) is 0 Å². The van der Waals surface area contributed by atoms with Gasteiger partial charge in [0, 0.05) is 13.1 Å². The Morgan fingerprint density at radius 1 is 1.29 bits per heavy atom. The zero-order valence-electron chi connectivity index (χ0n) is 13.6. The number of aromatic carboxylic acids is 1. The number of amides is 1. The van der Waals surface area contributed by atoms with Gasteiger partial charge in [-0.25, -0.2) is 22.7 Å². The Hall–Kier alpha value is -2.13. The summed E-state index contributed by atoms with van der Waals surface area (Å²) < 4.78 is 32.2. The van der Waals surface area contributed by atoms with Gasteiger partial charge in [-0.1, -0.05) is 6.07 Å². The second kappa shape index (κ2) is 6.40. The zero-order chi connectivity index (χ0) is 18.1. The smallest absolute Gasteiger partial charge is 0.410 e. The largest absolute Gasteiger partial charge is 0.478 e. The number of rotatable bonds is 4. The molecular weight excluding hydrogens is 336 g/mol. The summed E-state index contributed by atoms with van der Waals surface area (Å²) in [4.78, 5) is 24.0. The van der Waals surface area contributed by atoms with Crippen LogP contribution in [-0.4, -0.2) is 55.2 Å². The quantitative estimate of drug-likeness (QED) is 0.840. The minimum absolute atomic E-state index is 0.109. The minimum atomic E-state index is -3.85. The standard InChI is InChI=1S/C15H20N2O6S/c1-15(2,3)23-14(20)17-8-11(9-17)16-24(21,22)12-6-4-5-10(7-12)13(18)19/h4-7,11,16H,8-9H2,1-3H3,(H,18,19). The molecule has 132 valence electrons. The number of nitrogens with one attached hydrogen (secondary N) is 1. The Morgan fingerprint density at radius 2 is 1.92 bits per heavy atom. The molecule has 9 heteroatoms. The van der Waals surface area contributed by atoms with Crippen molar-refractivity contribution in [2.45, 2.75) is 37.3 Å². The Morgan fingerprint density at radius 3 is 2.46 bits per heavy atom. The maximum Gasteiger partial charge on any atom is 0.410 e. The fourth-order valence-corrected chi connectivity index (χ4v) is 3.38. The molecular formula is C15H20N2O6S. The van der Waals surface area contributed by atoms with Crippen LogP contribution in [0.5, 0.6) is 0 Å². The molecule has 1 aromatic carbocycles. The average Bonchev–Trinajstić information content (AvgIpc) is 2.40. The fraction of sp³-hybridized carbons (Fsp3) is 0.467. The van der Waals surface area contributed by atoms with Gasteiger partial charge in [-0.3, -0.25) is 0 Å². The van der Waals surface area contributed by atoms with Gasteiger partial charge in [0.1, 0.15) is 5.60 Å². The molecule has 1 aliphatic heterocycles. The summed E-state index contributed by atoms with van der Waals surface area (Å²) in [5, 5.41) is 8.93. The Labute approximate surface area is 140 Å². The maximum atomic E-state index is 12.3. The molecule has 24 heavy (non-hydrogen) atoms. The molecule has 0 atom stereocenters. The van der Waals surface area contributed by atoms with Crippen LogP contribution in [0.25, 0.3) is 0 Å². The normalized spacial score (nSPS) is 15.7. The SMILES string of the molecule is CC(C)(C)OC(=O)N1CC(NS(=O)(=O)c2cccc(C(=O)O)c2)C1. The lowest BCUT2D eigenvalue weighted by Crippen LogP contribution is -2.61. The zero-order valence-corrected chi connectivity index (χ0v) is 14.5. The number of likely N-dealkylation sites (tertiary alicyclic amines) is 1. The number of ether oxygens (including phenoxy) is 1. The molecule has 1 heterocycles. The highest BCUT2D eigenvalue weighted by molar-refractivity contribution is 7.89. The predicted octanol–water partition coefficient (Wildman–Crippen LogP) is 1.28. The third-order valence-electron chi connectivity index (χ3n) is 3.25. The fourth-order valence-electron chi connectivity index (χ4n) is 2.11. The number of hydrogen-bond acceptors (Lipinski definition) is 5. The van der Waals surface area contributed by atoms with Gasteiger partial charge in [0.25, 0.3) is 0 Å². The van der Waals surface area contributed by atoms with E-state index in [1.165, 1.54) is 23.1 Å². The first-order valence-corrected chi connectivity index (χ1v) is 8.80. The van der Waals surface area contributed by atoms with Gasteiger partial charge < -0.3 is 14.7 Å². The van der Waals surface area contributed by atoms with Gasteiger partial charge in [-0.2, -0.15) is 0 Å². The monoisotopic (exact) mass is 356 g/mol. The lowest BCUT2D eigenvalue weighted by Gasteiger charge is -2.39. The molecule has 1 amide bonds. The van der Waals surface area contributed by atoms with Gasteiger partial charge in [-0.15, -0.1) is 0 Å². The first-order valence-electron chi connectivity index (χ1n) is 7.31. The van der Waals surface area contributed by atoms with Gasteiger partial charge >= 0.3 is 12.1 Å². The van der Waals surface area contributed by atoms with E-state index in [4.69, 9.17) is 9.84 Å². The van der Waals surface area contributed by atoms with Crippen LogP contribution in [0.2, 0.25) is 0 Å². The van der Waals surface area contributed by atoms with Gasteiger partial charge in [-0.05, 0) is 39.0 Å². The number of carbonyl (C=O) groups is 2. The highest BCUT2D eigenvalue weighted by Gasteiger charge is 2.36. The van der Waals surface area contributed by atoms with Crippen LogP contribution in [0.1, 0.15) is 31.1 Å². The van der Waals surface area contributed by atoms with Crippen molar-refractivity contribution in [3.63, 3.8) is 0 Å². The lowest BCUT2D eigenvalue weighted by molar-refractivity contribution is 0.00736. The first kappa shape index (κ1) is 18.2. The van der Waals surface area contributed by atoms with Crippen molar-refractivity contribution in [2.24, 2.45) is 0 Å². The molecule has 0 unspecified atom stereocenters. The summed E-state index contributed by atoms with van der Waals surface area (Å²) in [6.07, 6.45) is -0.495. The minimum Gasteiger partial charge on any atom is -0.478 e. The average molecular weight is 356 g/mol. The molecule has 0 aliphatic carbocycles. The van der Waals surface area contributed by atoms with Crippen LogP contribution in [0.4, 0.5) is 4.79 Å². The number of hydrogen-bond donors (Lipinski definition) is 2. The molecule has 1 saturated heterocycles. The first-order chi connectivity index (χ1) is 11.0. The van der Waals surface area contributed by atoms with E-state index in [1.54, 1.807) is 20.8 Å². The van der Waals surface area contributed by atoms with Crippen molar-refractivity contribution in [2.75, 3.05) is 13.1 Å². The molecule has 2 N–H and O–H groups in total. The van der Waals surface area contributed by atoms with Gasteiger partial charge in [0.2, 0.25) is 10.0 Å². The highest BCUT2D eigenvalue weighted by Crippen LogP contribution is 2.18. The number of sulfonamides is 1. The number of carboxylic acid groups (broad SMARTS) is 1. The Balaban J connectivity index is 1.97. The number of carboxylic acids is 1. The molecule has 0 spiro atoms. The Kier molecular flexibility index (Phi) is 4.86. The molecule has 8 nitrogen and oxygen atoms in total. The molecule has 2 rings (SSSR count). The summed E-state index contributed by atoms with van der Waals surface area (Å²) in [7, 11) is -3.85. The highest BCUT2D eigenvalue weighted by atomic mass is 32.2. The van der Waals surface area contributed by atoms with Crippen LogP contribution in [0.15, 0.2) is 29.2 Å². The number of nitrogens with zero attached hydrogens (tertiary/aromatic N) is 1. The Bertz CT molecular complexity index is 747. The molecule has 1 aromatic rings. The van der Waals surface area contributed by atoms with Crippen molar-refractivity contribution in [3.8, 4) is 0 Å². The second-order valence-electron chi connectivity index (χ2n) is 6.54. The van der Waals surface area contributed by atoms with E-state index in [0.717, 1.165) is 6.07 Å². The van der Waals surface area contributed by atoms with E-state index >= 15 is 0 Å². The number of carbonyl (C=O) groups excluding carboxylic acids is 1. The lowest BCUT2D eigenvalue weighted by atomic mass is 10.1. The van der Waals surface area contributed by atoms with E-state index < -0.39 is 33.7 Å². The third kappa shape index (κ3) is 4.45. The summed E-state index contributed by atoms with van der Waals surface area (Å²) >= 11 is 0.